The highest BCUT2D eigenvalue weighted by Crippen LogP contribution is 2.35. The van der Waals surface area contributed by atoms with Crippen LogP contribution in [0.25, 0.3) is 0 Å². The molecule has 13 heavy (non-hydrogen) atoms. The molecule has 6 heteroatoms. The summed E-state index contributed by atoms with van der Waals surface area (Å²) >= 11 is 0. The summed E-state index contributed by atoms with van der Waals surface area (Å²) in [4.78, 5) is 0. The third kappa shape index (κ3) is 1.47. The van der Waals surface area contributed by atoms with Crippen LogP contribution < -0.4 is 0 Å². The van der Waals surface area contributed by atoms with Crippen molar-refractivity contribution in [2.75, 3.05) is 0 Å². The van der Waals surface area contributed by atoms with Gasteiger partial charge in [0.15, 0.2) is 30.9 Å². The molecule has 0 saturated heterocycles. The van der Waals surface area contributed by atoms with Gasteiger partial charge in [0.05, 0.1) is 6.07 Å². The first-order chi connectivity index (χ1) is 6.00. The summed E-state index contributed by atoms with van der Waals surface area (Å²) in [6, 6.07) is 1.09. The van der Waals surface area contributed by atoms with Crippen molar-refractivity contribution in [3.8, 4) is 6.07 Å². The summed E-state index contributed by atoms with van der Waals surface area (Å²) < 4.78 is 62.8. The minimum atomic E-state index is -2.82. The minimum absolute atomic E-state index is 1.09. The summed E-state index contributed by atoms with van der Waals surface area (Å²) in [7, 11) is 0. The first-order valence-corrected chi connectivity index (χ1v) is 3.60. The Morgan fingerprint density at radius 3 is 1.31 bits per heavy atom. The number of nitriles is 1. The maximum Gasteiger partial charge on any atom is 0.168 e. The number of hydrogen-bond donors (Lipinski definition) is 0. The molecule has 0 amide bonds. The van der Waals surface area contributed by atoms with Gasteiger partial charge in [0.1, 0.15) is 5.92 Å². The third-order valence-corrected chi connectivity index (χ3v) is 2.05. The molecule has 0 bridgehead atoms. The van der Waals surface area contributed by atoms with Gasteiger partial charge in [-0.3, -0.25) is 0 Å². The van der Waals surface area contributed by atoms with Crippen LogP contribution >= 0.6 is 0 Å². The van der Waals surface area contributed by atoms with E-state index in [4.69, 9.17) is 5.26 Å². The van der Waals surface area contributed by atoms with Gasteiger partial charge in [-0.05, 0) is 0 Å². The van der Waals surface area contributed by atoms with Crippen LogP contribution in [0, 0.1) is 17.2 Å². The highest BCUT2D eigenvalue weighted by molar-refractivity contribution is 5.07. The molecule has 0 aliphatic heterocycles. The highest BCUT2D eigenvalue weighted by Gasteiger charge is 2.53. The zero-order chi connectivity index (χ0) is 10.2. The molecule has 0 aromatic heterocycles. The molecule has 74 valence electrons. The Labute approximate surface area is 71.1 Å². The molecule has 1 saturated carbocycles. The van der Waals surface area contributed by atoms with E-state index >= 15 is 0 Å². The Bertz CT molecular complexity index is 211. The van der Waals surface area contributed by atoms with Crippen LogP contribution in [0.1, 0.15) is 0 Å². The quantitative estimate of drug-likeness (QED) is 0.546. The Kier molecular flexibility index (Phi) is 2.74. The molecule has 0 N–H and O–H groups in total. The predicted octanol–water partition coefficient (Wildman–Crippen LogP) is 1.83. The number of hydrogen-bond acceptors (Lipinski definition) is 1. The number of rotatable bonds is 0. The zero-order valence-corrected chi connectivity index (χ0v) is 6.30. The lowest BCUT2D eigenvalue weighted by atomic mass is 9.83. The summed E-state index contributed by atoms with van der Waals surface area (Å²) in [5, 5.41) is 8.17. The van der Waals surface area contributed by atoms with E-state index in [0.29, 0.717) is 0 Å². The second-order valence-electron chi connectivity index (χ2n) is 2.88. The maximum atomic E-state index is 12.7. The number of halogens is 5. The normalized spacial score (nSPS) is 51.4. The van der Waals surface area contributed by atoms with Crippen LogP contribution in [0.2, 0.25) is 0 Å². The zero-order valence-electron chi connectivity index (χ0n) is 6.30. The minimum Gasteiger partial charge on any atom is -0.243 e. The third-order valence-electron chi connectivity index (χ3n) is 2.05. The largest absolute Gasteiger partial charge is 0.243 e. The van der Waals surface area contributed by atoms with Crippen molar-refractivity contribution < 1.29 is 22.0 Å². The fourth-order valence-corrected chi connectivity index (χ4v) is 1.24. The first kappa shape index (κ1) is 10.2. The molecule has 1 rings (SSSR count). The van der Waals surface area contributed by atoms with Crippen molar-refractivity contribution in [3.63, 3.8) is 0 Å². The van der Waals surface area contributed by atoms with Gasteiger partial charge in [-0.2, -0.15) is 5.26 Å². The molecule has 4 unspecified atom stereocenters. The van der Waals surface area contributed by atoms with Crippen molar-refractivity contribution in [3.05, 3.63) is 0 Å². The lowest BCUT2D eigenvalue weighted by Crippen LogP contribution is -2.52. The van der Waals surface area contributed by atoms with Gasteiger partial charge in [0, 0.05) is 0 Å². The van der Waals surface area contributed by atoms with Crippen molar-refractivity contribution in [1.82, 2.24) is 0 Å². The lowest BCUT2D eigenvalue weighted by molar-refractivity contribution is -0.0726. The van der Waals surface area contributed by atoms with Gasteiger partial charge in [-0.25, -0.2) is 22.0 Å². The van der Waals surface area contributed by atoms with E-state index in [1.54, 1.807) is 0 Å². The van der Waals surface area contributed by atoms with E-state index in [1.165, 1.54) is 0 Å². The van der Waals surface area contributed by atoms with E-state index in [2.05, 4.69) is 0 Å². The monoisotopic (exact) mass is 199 g/mol. The molecule has 0 heterocycles. The van der Waals surface area contributed by atoms with E-state index in [-0.39, 0.29) is 0 Å². The van der Waals surface area contributed by atoms with E-state index < -0.39 is 36.8 Å². The Hall–Kier alpha value is -0.860. The summed E-state index contributed by atoms with van der Waals surface area (Å²) in [5.41, 5.74) is 0. The number of nitrogens with zero attached hydrogens (tertiary/aromatic N) is 1. The molecule has 1 aliphatic carbocycles. The van der Waals surface area contributed by atoms with E-state index in [0.717, 1.165) is 6.07 Å². The second kappa shape index (κ2) is 3.48. The van der Waals surface area contributed by atoms with E-state index in [1.807, 2.05) is 0 Å². The topological polar surface area (TPSA) is 23.8 Å². The smallest absolute Gasteiger partial charge is 0.168 e. The van der Waals surface area contributed by atoms with Crippen molar-refractivity contribution in [1.29, 1.82) is 5.26 Å². The van der Waals surface area contributed by atoms with Crippen molar-refractivity contribution >= 4 is 0 Å². The molecule has 0 aromatic rings. The van der Waals surface area contributed by atoms with E-state index in [9.17, 15) is 22.0 Å². The van der Waals surface area contributed by atoms with Crippen LogP contribution in [0.5, 0.6) is 0 Å². The van der Waals surface area contributed by atoms with Crippen molar-refractivity contribution in [2.45, 2.75) is 30.9 Å². The lowest BCUT2D eigenvalue weighted by Gasteiger charge is -2.32. The summed E-state index contributed by atoms with van der Waals surface area (Å²) in [5.74, 6) is -2.06. The SMILES string of the molecule is N#CC1C(F)C(F)C(F)C(F)C1F. The van der Waals surface area contributed by atoms with Gasteiger partial charge in [-0.15, -0.1) is 0 Å². The molecule has 4 atom stereocenters. The summed E-state index contributed by atoms with van der Waals surface area (Å²) in [6.07, 6.45) is -13.5. The van der Waals surface area contributed by atoms with Crippen LogP contribution in [0.4, 0.5) is 22.0 Å². The first-order valence-electron chi connectivity index (χ1n) is 3.60. The van der Waals surface area contributed by atoms with Crippen LogP contribution in [0.3, 0.4) is 0 Å². The Morgan fingerprint density at radius 2 is 1.00 bits per heavy atom. The molecule has 1 aliphatic rings. The molecule has 0 spiro atoms. The van der Waals surface area contributed by atoms with Crippen LogP contribution in [-0.2, 0) is 0 Å². The standard InChI is InChI=1S/C7H6F5N/c8-3-2(1-13)4(9)6(11)7(12)5(3)10/h2-7H. The van der Waals surface area contributed by atoms with Gasteiger partial charge < -0.3 is 0 Å². The molecule has 1 fully saturated rings. The maximum absolute atomic E-state index is 12.7. The summed E-state index contributed by atoms with van der Waals surface area (Å²) in [6.45, 7) is 0. The predicted molar refractivity (Wildman–Crippen MR) is 33.6 cm³/mol. The average Bonchev–Trinajstić information content (AvgIpc) is 2.13. The second-order valence-corrected chi connectivity index (χ2v) is 2.88. The van der Waals surface area contributed by atoms with Crippen molar-refractivity contribution in [2.24, 2.45) is 5.92 Å². The average molecular weight is 199 g/mol. The molecular weight excluding hydrogens is 193 g/mol. The molecule has 0 aromatic carbocycles. The molecular formula is C7H6F5N. The van der Waals surface area contributed by atoms with Gasteiger partial charge >= 0.3 is 0 Å². The fraction of sp³-hybridized carbons (Fsp3) is 0.857. The fourth-order valence-electron chi connectivity index (χ4n) is 1.24. The highest BCUT2D eigenvalue weighted by atomic mass is 19.2. The Balaban J connectivity index is 2.87. The van der Waals surface area contributed by atoms with Gasteiger partial charge in [-0.1, -0.05) is 0 Å². The number of alkyl halides is 5. The van der Waals surface area contributed by atoms with Gasteiger partial charge in [0.25, 0.3) is 0 Å². The van der Waals surface area contributed by atoms with Crippen LogP contribution in [0.15, 0.2) is 0 Å². The molecule has 1 nitrogen and oxygen atoms in total. The molecule has 0 radical (unpaired) electrons. The van der Waals surface area contributed by atoms with Crippen LogP contribution in [-0.4, -0.2) is 30.9 Å². The van der Waals surface area contributed by atoms with Gasteiger partial charge in [0.2, 0.25) is 0 Å². The Morgan fingerprint density at radius 1 is 0.692 bits per heavy atom.